The number of halogens is 4. The van der Waals surface area contributed by atoms with Crippen molar-refractivity contribution >= 4 is 34.9 Å². The van der Waals surface area contributed by atoms with E-state index in [4.69, 9.17) is 28.3 Å². The zero-order valence-corrected chi connectivity index (χ0v) is 11.9. The van der Waals surface area contributed by atoms with Gasteiger partial charge in [0.1, 0.15) is 5.82 Å². The third-order valence-corrected chi connectivity index (χ3v) is 2.90. The van der Waals surface area contributed by atoms with Crippen LogP contribution in [-0.2, 0) is 0 Å². The van der Waals surface area contributed by atoms with Gasteiger partial charge in [-0.25, -0.2) is 13.8 Å². The van der Waals surface area contributed by atoms with Crippen LogP contribution in [0.4, 0.5) is 20.2 Å². The molecule has 0 amide bonds. The summed E-state index contributed by atoms with van der Waals surface area (Å²) in [5.74, 6) is -0.850. The number of hydrazine groups is 1. The average Bonchev–Trinajstić information content (AvgIpc) is 2.42. The summed E-state index contributed by atoms with van der Waals surface area (Å²) in [5, 5.41) is 1.35. The van der Waals surface area contributed by atoms with Crippen LogP contribution in [0, 0.1) is 11.6 Å². The molecular formula is C13H10Cl2F2N2O. The van der Waals surface area contributed by atoms with Crippen LogP contribution in [0.2, 0.25) is 0 Å². The second-order valence-electron chi connectivity index (χ2n) is 3.82. The van der Waals surface area contributed by atoms with Crippen LogP contribution in [0.5, 0.6) is 5.75 Å². The van der Waals surface area contributed by atoms with Gasteiger partial charge in [0.05, 0.1) is 18.5 Å². The Balaban J connectivity index is 2.45. The van der Waals surface area contributed by atoms with E-state index >= 15 is 0 Å². The van der Waals surface area contributed by atoms with Crippen molar-refractivity contribution in [3.63, 3.8) is 0 Å². The summed E-state index contributed by atoms with van der Waals surface area (Å²) in [6.45, 7) is 0. The highest BCUT2D eigenvalue weighted by Gasteiger charge is 2.17. The van der Waals surface area contributed by atoms with Crippen molar-refractivity contribution < 1.29 is 13.5 Å². The van der Waals surface area contributed by atoms with Gasteiger partial charge < -0.3 is 4.74 Å². The normalized spacial score (nSPS) is 10.7. The van der Waals surface area contributed by atoms with E-state index in [0.717, 1.165) is 4.05 Å². The van der Waals surface area contributed by atoms with Crippen molar-refractivity contribution in [2.24, 2.45) is 0 Å². The van der Waals surface area contributed by atoms with Gasteiger partial charge in [-0.1, -0.05) is 0 Å². The lowest BCUT2D eigenvalue weighted by molar-refractivity contribution is 0.386. The van der Waals surface area contributed by atoms with Crippen LogP contribution in [0.25, 0.3) is 0 Å². The number of hydrogen-bond donors (Lipinski definition) is 0. The van der Waals surface area contributed by atoms with E-state index in [1.165, 1.54) is 54.6 Å². The molecule has 0 aromatic heterocycles. The maximum absolute atomic E-state index is 13.4. The number of anilines is 2. The summed E-state index contributed by atoms with van der Waals surface area (Å²) in [6.07, 6.45) is 0. The SMILES string of the molecule is COc1cc(N(c2ccc(F)cc2)N(Cl)Cl)ccc1F. The van der Waals surface area contributed by atoms with Crippen molar-refractivity contribution in [1.29, 1.82) is 0 Å². The van der Waals surface area contributed by atoms with Gasteiger partial charge in [0, 0.05) is 29.6 Å². The van der Waals surface area contributed by atoms with Gasteiger partial charge in [-0.3, -0.25) is 0 Å². The van der Waals surface area contributed by atoms with Crippen LogP contribution in [0.1, 0.15) is 0 Å². The molecule has 20 heavy (non-hydrogen) atoms. The van der Waals surface area contributed by atoms with Crippen molar-refractivity contribution in [3.05, 3.63) is 54.1 Å². The second kappa shape index (κ2) is 6.26. The first-order valence-electron chi connectivity index (χ1n) is 5.54. The molecular weight excluding hydrogens is 309 g/mol. The molecule has 7 heteroatoms. The molecule has 0 saturated carbocycles. The molecule has 0 unspecified atom stereocenters. The van der Waals surface area contributed by atoms with E-state index in [-0.39, 0.29) is 11.6 Å². The summed E-state index contributed by atoms with van der Waals surface area (Å²) in [7, 11) is 1.35. The van der Waals surface area contributed by atoms with Crippen LogP contribution in [0.3, 0.4) is 0 Å². The first-order valence-corrected chi connectivity index (χ1v) is 6.21. The fraction of sp³-hybridized carbons (Fsp3) is 0.0769. The van der Waals surface area contributed by atoms with Crippen molar-refractivity contribution in [3.8, 4) is 5.75 Å². The molecule has 3 nitrogen and oxygen atoms in total. The Bertz CT molecular complexity index is 593. The lowest BCUT2D eigenvalue weighted by atomic mass is 10.2. The highest BCUT2D eigenvalue weighted by Crippen LogP contribution is 2.33. The molecule has 0 saturated heterocycles. The minimum Gasteiger partial charge on any atom is -0.494 e. The van der Waals surface area contributed by atoms with Gasteiger partial charge in [-0.15, -0.1) is 0 Å². The number of ether oxygens (including phenoxy) is 1. The Kier molecular flexibility index (Phi) is 4.65. The smallest absolute Gasteiger partial charge is 0.165 e. The largest absolute Gasteiger partial charge is 0.494 e. The van der Waals surface area contributed by atoms with Gasteiger partial charge in [0.2, 0.25) is 0 Å². The predicted molar refractivity (Wildman–Crippen MR) is 75.0 cm³/mol. The number of methoxy groups -OCH3 is 1. The highest BCUT2D eigenvalue weighted by atomic mass is 35.5. The molecule has 0 atom stereocenters. The summed E-state index contributed by atoms with van der Waals surface area (Å²) < 4.78 is 32.0. The molecule has 2 rings (SSSR count). The summed E-state index contributed by atoms with van der Waals surface area (Å²) in [5.41, 5.74) is 0.963. The van der Waals surface area contributed by atoms with Gasteiger partial charge >= 0.3 is 0 Å². The minimum absolute atomic E-state index is 0.0461. The molecule has 0 heterocycles. The van der Waals surface area contributed by atoms with Gasteiger partial charge in [-0.2, -0.15) is 0 Å². The number of rotatable bonds is 4. The fourth-order valence-electron chi connectivity index (χ4n) is 1.69. The molecule has 0 bridgehead atoms. The first kappa shape index (κ1) is 14.8. The van der Waals surface area contributed by atoms with E-state index in [9.17, 15) is 8.78 Å². The molecule has 106 valence electrons. The highest BCUT2D eigenvalue weighted by molar-refractivity contribution is 6.34. The molecule has 2 aromatic rings. The monoisotopic (exact) mass is 318 g/mol. The van der Waals surface area contributed by atoms with Gasteiger partial charge in [0.15, 0.2) is 11.6 Å². The second-order valence-corrected chi connectivity index (χ2v) is 4.64. The number of benzene rings is 2. The Morgan fingerprint density at radius 2 is 1.55 bits per heavy atom. The van der Waals surface area contributed by atoms with Gasteiger partial charge in [-0.05, 0) is 40.4 Å². The fourth-order valence-corrected chi connectivity index (χ4v) is 2.04. The first-order chi connectivity index (χ1) is 9.52. The quantitative estimate of drug-likeness (QED) is 0.603. The topological polar surface area (TPSA) is 15.7 Å². The molecule has 0 radical (unpaired) electrons. The Morgan fingerprint density at radius 3 is 2.10 bits per heavy atom. The average molecular weight is 319 g/mol. The summed E-state index contributed by atoms with van der Waals surface area (Å²) >= 11 is 11.6. The van der Waals surface area contributed by atoms with E-state index in [1.807, 2.05) is 0 Å². The number of nitrogens with zero attached hydrogens (tertiary/aromatic N) is 2. The lowest BCUT2D eigenvalue weighted by Crippen LogP contribution is -2.24. The third kappa shape index (κ3) is 3.12. The Morgan fingerprint density at radius 1 is 0.950 bits per heavy atom. The zero-order valence-electron chi connectivity index (χ0n) is 10.4. The van der Waals surface area contributed by atoms with Gasteiger partial charge in [0.25, 0.3) is 0 Å². The zero-order chi connectivity index (χ0) is 14.7. The standard InChI is InChI=1S/C13H10Cl2F2N2O/c1-20-13-8-11(6-7-12(13)17)18(19(14)15)10-4-2-9(16)3-5-10/h2-8H,1H3. The lowest BCUT2D eigenvalue weighted by Gasteiger charge is -2.26. The van der Waals surface area contributed by atoms with E-state index in [2.05, 4.69) is 0 Å². The third-order valence-electron chi connectivity index (χ3n) is 2.60. The molecule has 0 spiro atoms. The predicted octanol–water partition coefficient (Wildman–Crippen LogP) is 4.64. The summed E-state index contributed by atoms with van der Waals surface area (Å²) in [4.78, 5) is 0. The molecule has 2 aromatic carbocycles. The molecule has 0 aliphatic rings. The molecule has 0 aliphatic heterocycles. The van der Waals surface area contributed by atoms with Crippen molar-refractivity contribution in [1.82, 2.24) is 4.05 Å². The molecule has 0 aliphatic carbocycles. The van der Waals surface area contributed by atoms with Crippen LogP contribution < -0.4 is 9.75 Å². The maximum atomic E-state index is 13.4. The van der Waals surface area contributed by atoms with Crippen LogP contribution >= 0.6 is 23.6 Å². The van der Waals surface area contributed by atoms with E-state index < -0.39 is 5.82 Å². The van der Waals surface area contributed by atoms with Crippen LogP contribution in [-0.4, -0.2) is 11.2 Å². The van der Waals surface area contributed by atoms with Crippen LogP contribution in [0.15, 0.2) is 42.5 Å². The van der Waals surface area contributed by atoms with E-state index in [1.54, 1.807) is 0 Å². The molecule has 0 N–H and O–H groups in total. The number of hydrogen-bond acceptors (Lipinski definition) is 3. The molecule has 0 fully saturated rings. The van der Waals surface area contributed by atoms with Crippen molar-refractivity contribution in [2.45, 2.75) is 0 Å². The summed E-state index contributed by atoms with van der Waals surface area (Å²) in [6, 6.07) is 9.63. The van der Waals surface area contributed by atoms with Crippen molar-refractivity contribution in [2.75, 3.05) is 12.1 Å². The Hall–Kier alpha value is -1.56. The minimum atomic E-state index is -0.508. The Labute approximate surface area is 125 Å². The van der Waals surface area contributed by atoms with E-state index in [0.29, 0.717) is 11.4 Å². The maximum Gasteiger partial charge on any atom is 0.165 e.